The summed E-state index contributed by atoms with van der Waals surface area (Å²) in [6, 6.07) is 23.6. The third-order valence-electron chi connectivity index (χ3n) is 6.68. The number of nitrogens with zero attached hydrogens (tertiary/aromatic N) is 3. The van der Waals surface area contributed by atoms with Crippen molar-refractivity contribution in [3.05, 3.63) is 119 Å². The van der Waals surface area contributed by atoms with Crippen LogP contribution in [0, 0.1) is 19.7 Å². The molecule has 0 N–H and O–H groups in total. The lowest BCUT2D eigenvalue weighted by atomic mass is 10.1. The lowest BCUT2D eigenvalue weighted by Crippen LogP contribution is -2.55. The zero-order valence-electron chi connectivity index (χ0n) is 21.7. The molecular formula is C31H26FN3O4. The van der Waals surface area contributed by atoms with Crippen LogP contribution in [0.1, 0.15) is 22.5 Å². The molecule has 7 nitrogen and oxygen atoms in total. The number of carbonyl (C=O) groups is 3. The van der Waals surface area contributed by atoms with Gasteiger partial charge in [0.15, 0.2) is 0 Å². The Kier molecular flexibility index (Phi) is 6.85. The topological polar surface area (TPSA) is 71.9 Å². The maximum Gasteiger partial charge on any atom is 0.338 e. The number of halogens is 1. The molecule has 1 fully saturated rings. The van der Waals surface area contributed by atoms with E-state index in [-0.39, 0.29) is 18.0 Å². The van der Waals surface area contributed by atoms with Crippen molar-refractivity contribution < 1.29 is 23.5 Å². The minimum Gasteiger partial charge on any atom is -0.489 e. The quantitative estimate of drug-likeness (QED) is 0.236. The number of aryl methyl sites for hydroxylation is 1. The van der Waals surface area contributed by atoms with Gasteiger partial charge >= 0.3 is 6.03 Å². The lowest BCUT2D eigenvalue weighted by Gasteiger charge is -2.31. The van der Waals surface area contributed by atoms with Crippen LogP contribution in [0.3, 0.4) is 0 Å². The fourth-order valence-electron chi connectivity index (χ4n) is 4.60. The molecule has 8 heteroatoms. The fourth-order valence-corrected chi connectivity index (χ4v) is 4.60. The number of carbonyl (C=O) groups excluding carboxylic acids is 3. The first-order valence-electron chi connectivity index (χ1n) is 12.3. The number of hydrogen-bond donors (Lipinski definition) is 0. The number of imide groups is 2. The zero-order valence-corrected chi connectivity index (χ0v) is 21.7. The van der Waals surface area contributed by atoms with Crippen LogP contribution in [0.25, 0.3) is 11.8 Å². The maximum atomic E-state index is 13.9. The number of barbiturate groups is 1. The Balaban J connectivity index is 1.42. The average molecular weight is 524 g/mol. The van der Waals surface area contributed by atoms with Gasteiger partial charge in [-0.25, -0.2) is 14.1 Å². The van der Waals surface area contributed by atoms with Crippen molar-refractivity contribution in [2.75, 3.05) is 11.9 Å². The molecule has 2 heterocycles. The second-order valence-corrected chi connectivity index (χ2v) is 9.22. The Morgan fingerprint density at radius 3 is 2.18 bits per heavy atom. The van der Waals surface area contributed by atoms with Crippen LogP contribution < -0.4 is 9.64 Å². The van der Waals surface area contributed by atoms with Crippen molar-refractivity contribution in [3.8, 4) is 11.4 Å². The van der Waals surface area contributed by atoms with Crippen molar-refractivity contribution in [1.29, 1.82) is 0 Å². The molecule has 1 saturated heterocycles. The molecule has 0 radical (unpaired) electrons. The van der Waals surface area contributed by atoms with E-state index >= 15 is 0 Å². The Labute approximate surface area is 225 Å². The predicted molar refractivity (Wildman–Crippen MR) is 146 cm³/mol. The standard InChI is InChI=1S/C31H26FN3O4/c1-20-17-23(18-27-29(36)33(3)31(38)35(30(27)37)24-10-5-4-6-11-24)21(2)34(20)25-13-15-26(16-14-25)39-19-22-9-7-8-12-28(22)32/h4-18H,19H2,1-3H3/b27-18+. The van der Waals surface area contributed by atoms with Gasteiger partial charge in [-0.3, -0.25) is 14.5 Å². The summed E-state index contributed by atoms with van der Waals surface area (Å²) >= 11 is 0. The first kappa shape index (κ1) is 25.7. The first-order valence-corrected chi connectivity index (χ1v) is 12.3. The molecular weight excluding hydrogens is 497 g/mol. The molecule has 39 heavy (non-hydrogen) atoms. The number of amides is 4. The summed E-state index contributed by atoms with van der Waals surface area (Å²) in [6.45, 7) is 3.93. The normalized spacial score (nSPS) is 14.9. The molecule has 1 aliphatic heterocycles. The van der Waals surface area contributed by atoms with E-state index in [9.17, 15) is 18.8 Å². The van der Waals surface area contributed by atoms with Crippen LogP contribution in [0.5, 0.6) is 5.75 Å². The van der Waals surface area contributed by atoms with Gasteiger partial charge in [0.05, 0.1) is 5.69 Å². The summed E-state index contributed by atoms with van der Waals surface area (Å²) in [6.07, 6.45) is 1.54. The average Bonchev–Trinajstić information content (AvgIpc) is 3.22. The van der Waals surface area contributed by atoms with Gasteiger partial charge in [0.2, 0.25) is 0 Å². The Bertz CT molecular complexity index is 1610. The Morgan fingerprint density at radius 1 is 0.821 bits per heavy atom. The zero-order chi connectivity index (χ0) is 27.7. The number of ether oxygens (including phenoxy) is 1. The van der Waals surface area contributed by atoms with Gasteiger partial charge in [-0.05, 0) is 74.0 Å². The highest BCUT2D eigenvalue weighted by atomic mass is 19.1. The van der Waals surface area contributed by atoms with Crippen LogP contribution in [-0.2, 0) is 16.2 Å². The van der Waals surface area contributed by atoms with Gasteiger partial charge in [-0.15, -0.1) is 0 Å². The van der Waals surface area contributed by atoms with Crippen LogP contribution in [0.15, 0.2) is 90.5 Å². The first-order chi connectivity index (χ1) is 18.8. The molecule has 1 aromatic heterocycles. The van der Waals surface area contributed by atoms with Crippen molar-refractivity contribution >= 4 is 29.6 Å². The van der Waals surface area contributed by atoms with E-state index in [4.69, 9.17) is 4.74 Å². The molecule has 0 aliphatic carbocycles. The van der Waals surface area contributed by atoms with Gasteiger partial charge < -0.3 is 9.30 Å². The molecule has 4 amide bonds. The SMILES string of the molecule is Cc1cc(/C=C2\C(=O)N(C)C(=O)N(c3ccccc3)C2=O)c(C)n1-c1ccc(OCc2ccccc2F)cc1. The molecule has 0 spiro atoms. The molecule has 0 atom stereocenters. The number of likely N-dealkylation sites (N-methyl/N-ethyl adjacent to an activating group) is 1. The van der Waals surface area contributed by atoms with E-state index in [1.807, 2.05) is 36.6 Å². The lowest BCUT2D eigenvalue weighted by molar-refractivity contribution is -0.128. The van der Waals surface area contributed by atoms with Crippen LogP contribution >= 0.6 is 0 Å². The highest BCUT2D eigenvalue weighted by molar-refractivity contribution is 6.39. The largest absolute Gasteiger partial charge is 0.489 e. The molecule has 0 bridgehead atoms. The molecule has 5 rings (SSSR count). The summed E-state index contributed by atoms with van der Waals surface area (Å²) in [4.78, 5) is 41.0. The number of benzene rings is 3. The van der Waals surface area contributed by atoms with Crippen LogP contribution in [0.2, 0.25) is 0 Å². The highest BCUT2D eigenvalue weighted by Gasteiger charge is 2.41. The monoisotopic (exact) mass is 523 g/mol. The third-order valence-corrected chi connectivity index (χ3v) is 6.68. The summed E-state index contributed by atoms with van der Waals surface area (Å²) < 4.78 is 21.6. The molecule has 0 saturated carbocycles. The number of rotatable bonds is 6. The predicted octanol–water partition coefficient (Wildman–Crippen LogP) is 5.82. The Hall–Kier alpha value is -4.98. The molecule has 196 valence electrons. The van der Waals surface area contributed by atoms with Crippen molar-refractivity contribution in [1.82, 2.24) is 9.47 Å². The van der Waals surface area contributed by atoms with Crippen molar-refractivity contribution in [2.45, 2.75) is 20.5 Å². The maximum absolute atomic E-state index is 13.9. The number of anilines is 1. The van der Waals surface area contributed by atoms with E-state index in [0.29, 0.717) is 22.6 Å². The van der Waals surface area contributed by atoms with Gasteiger partial charge in [0, 0.05) is 29.7 Å². The van der Waals surface area contributed by atoms with Crippen LogP contribution in [-0.4, -0.2) is 34.4 Å². The highest BCUT2D eigenvalue weighted by Crippen LogP contribution is 2.28. The number of urea groups is 1. The second-order valence-electron chi connectivity index (χ2n) is 9.22. The third kappa shape index (κ3) is 4.84. The molecule has 0 unspecified atom stereocenters. The van der Waals surface area contributed by atoms with Crippen molar-refractivity contribution in [2.24, 2.45) is 0 Å². The van der Waals surface area contributed by atoms with Gasteiger partial charge in [0.1, 0.15) is 23.7 Å². The minimum atomic E-state index is -0.698. The van der Waals surface area contributed by atoms with Crippen LogP contribution in [0.4, 0.5) is 14.9 Å². The second kappa shape index (κ2) is 10.4. The molecule has 1 aliphatic rings. The van der Waals surface area contributed by atoms with E-state index in [0.717, 1.165) is 26.9 Å². The smallest absolute Gasteiger partial charge is 0.338 e. The summed E-state index contributed by atoms with van der Waals surface area (Å²) in [5.41, 5.74) is 4.00. The van der Waals surface area contributed by atoms with E-state index < -0.39 is 17.8 Å². The van der Waals surface area contributed by atoms with E-state index in [2.05, 4.69) is 0 Å². The van der Waals surface area contributed by atoms with Gasteiger partial charge in [-0.1, -0.05) is 36.4 Å². The number of para-hydroxylation sites is 1. The summed E-state index contributed by atoms with van der Waals surface area (Å²) in [5.74, 6) is -1.04. The van der Waals surface area contributed by atoms with Gasteiger partial charge in [-0.2, -0.15) is 0 Å². The minimum absolute atomic E-state index is 0.0990. The summed E-state index contributed by atoms with van der Waals surface area (Å²) in [5, 5.41) is 0. The van der Waals surface area contributed by atoms with E-state index in [1.165, 1.54) is 19.2 Å². The van der Waals surface area contributed by atoms with Gasteiger partial charge in [0.25, 0.3) is 11.8 Å². The molecule has 4 aromatic rings. The summed E-state index contributed by atoms with van der Waals surface area (Å²) in [7, 11) is 1.36. The van der Waals surface area contributed by atoms with Crippen molar-refractivity contribution in [3.63, 3.8) is 0 Å². The fraction of sp³-hybridized carbons (Fsp3) is 0.129. The number of aromatic nitrogens is 1. The molecule has 3 aromatic carbocycles. The Morgan fingerprint density at radius 2 is 1.49 bits per heavy atom. The number of hydrogen-bond acceptors (Lipinski definition) is 4. The van der Waals surface area contributed by atoms with E-state index in [1.54, 1.807) is 60.7 Å².